The zero-order valence-corrected chi connectivity index (χ0v) is 14.0. The number of benzene rings is 3. The summed E-state index contributed by atoms with van der Waals surface area (Å²) in [6.07, 6.45) is -0.857. The third-order valence-corrected chi connectivity index (χ3v) is 3.70. The molecule has 0 bridgehead atoms. The number of nitriles is 1. The molecule has 0 aliphatic rings. The molecule has 4 heteroatoms. The molecule has 1 atom stereocenters. The minimum absolute atomic E-state index is 0.124. The lowest BCUT2D eigenvalue weighted by molar-refractivity contribution is -0.146. The van der Waals surface area contributed by atoms with E-state index in [-0.39, 0.29) is 6.42 Å². The van der Waals surface area contributed by atoms with Gasteiger partial charge in [-0.25, -0.2) is 0 Å². The highest BCUT2D eigenvalue weighted by Crippen LogP contribution is 2.26. The second-order valence-electron chi connectivity index (χ2n) is 5.65. The van der Waals surface area contributed by atoms with E-state index in [2.05, 4.69) is 0 Å². The predicted octanol–water partition coefficient (Wildman–Crippen LogP) is 4.83. The fourth-order valence-corrected chi connectivity index (χ4v) is 2.47. The topological polar surface area (TPSA) is 59.3 Å². The Morgan fingerprint density at radius 1 is 0.885 bits per heavy atom. The first-order valence-electron chi connectivity index (χ1n) is 8.20. The summed E-state index contributed by atoms with van der Waals surface area (Å²) in [5.74, 6) is 0.824. The van der Waals surface area contributed by atoms with Gasteiger partial charge < -0.3 is 9.47 Å². The van der Waals surface area contributed by atoms with Crippen LogP contribution < -0.4 is 4.74 Å². The molecular weight excluding hydrogens is 326 g/mol. The lowest BCUT2D eigenvalue weighted by Crippen LogP contribution is -2.12. The highest BCUT2D eigenvalue weighted by molar-refractivity contribution is 5.73. The van der Waals surface area contributed by atoms with E-state index in [1.165, 1.54) is 0 Å². The third kappa shape index (κ3) is 4.71. The van der Waals surface area contributed by atoms with Gasteiger partial charge in [-0.05, 0) is 29.8 Å². The van der Waals surface area contributed by atoms with Crippen molar-refractivity contribution in [2.24, 2.45) is 0 Å². The largest absolute Gasteiger partial charge is 0.457 e. The van der Waals surface area contributed by atoms with Crippen molar-refractivity contribution in [1.82, 2.24) is 0 Å². The van der Waals surface area contributed by atoms with Crippen LogP contribution in [-0.2, 0) is 16.0 Å². The quantitative estimate of drug-likeness (QED) is 0.602. The van der Waals surface area contributed by atoms with Crippen molar-refractivity contribution in [3.05, 3.63) is 96.1 Å². The van der Waals surface area contributed by atoms with Crippen LogP contribution in [0.1, 0.15) is 17.2 Å². The standard InChI is InChI=1S/C22H17NO3/c23-16-21(26-22(24)14-17-8-3-1-4-9-17)18-10-7-13-20(15-18)25-19-11-5-2-6-12-19/h1-13,15,21H,14H2/t21-/m1/s1. The smallest absolute Gasteiger partial charge is 0.311 e. The van der Waals surface area contributed by atoms with E-state index in [0.717, 1.165) is 5.56 Å². The van der Waals surface area contributed by atoms with Gasteiger partial charge in [0.1, 0.15) is 17.6 Å². The number of hydrogen-bond acceptors (Lipinski definition) is 4. The Morgan fingerprint density at radius 2 is 1.54 bits per heavy atom. The zero-order valence-electron chi connectivity index (χ0n) is 14.0. The van der Waals surface area contributed by atoms with E-state index in [1.54, 1.807) is 24.3 Å². The molecule has 4 nitrogen and oxygen atoms in total. The maximum atomic E-state index is 12.1. The molecule has 0 spiro atoms. The number of carbonyl (C=O) groups is 1. The summed E-state index contributed by atoms with van der Waals surface area (Å²) in [5.41, 5.74) is 1.41. The zero-order chi connectivity index (χ0) is 18.2. The van der Waals surface area contributed by atoms with Gasteiger partial charge in [-0.3, -0.25) is 4.79 Å². The SMILES string of the molecule is N#C[C@@H](OC(=O)Cc1ccccc1)c1cccc(Oc2ccccc2)c1. The van der Waals surface area contributed by atoms with E-state index in [9.17, 15) is 10.1 Å². The monoisotopic (exact) mass is 343 g/mol. The normalized spacial score (nSPS) is 11.2. The van der Waals surface area contributed by atoms with Crippen LogP contribution in [0.2, 0.25) is 0 Å². The van der Waals surface area contributed by atoms with E-state index in [0.29, 0.717) is 17.1 Å². The first-order chi connectivity index (χ1) is 12.7. The van der Waals surface area contributed by atoms with Crippen LogP contribution in [0.15, 0.2) is 84.9 Å². The van der Waals surface area contributed by atoms with Gasteiger partial charge >= 0.3 is 5.97 Å². The van der Waals surface area contributed by atoms with Gasteiger partial charge in [-0.15, -0.1) is 0 Å². The molecular formula is C22H17NO3. The van der Waals surface area contributed by atoms with E-state index >= 15 is 0 Å². The number of esters is 1. The number of carbonyl (C=O) groups excluding carboxylic acids is 1. The summed E-state index contributed by atoms with van der Waals surface area (Å²) in [6, 6.07) is 27.6. The maximum Gasteiger partial charge on any atom is 0.311 e. The molecule has 0 saturated carbocycles. The second kappa shape index (κ2) is 8.50. The Bertz CT molecular complexity index is 901. The van der Waals surface area contributed by atoms with Gasteiger partial charge in [0.05, 0.1) is 6.42 Å². The summed E-state index contributed by atoms with van der Waals surface area (Å²) >= 11 is 0. The van der Waals surface area contributed by atoms with Crippen molar-refractivity contribution in [3.8, 4) is 17.6 Å². The summed E-state index contributed by atoms with van der Waals surface area (Å²) in [5, 5.41) is 9.41. The van der Waals surface area contributed by atoms with E-state index in [1.807, 2.05) is 66.7 Å². The highest BCUT2D eigenvalue weighted by atomic mass is 16.5. The van der Waals surface area contributed by atoms with Gasteiger partial charge in [-0.2, -0.15) is 5.26 Å². The molecule has 0 fully saturated rings. The number of rotatable bonds is 6. The van der Waals surface area contributed by atoms with Crippen LogP contribution in [-0.4, -0.2) is 5.97 Å². The van der Waals surface area contributed by atoms with Crippen LogP contribution in [0.3, 0.4) is 0 Å². The number of hydrogen-bond donors (Lipinski definition) is 0. The van der Waals surface area contributed by atoms with Crippen LogP contribution in [0.5, 0.6) is 11.5 Å². The van der Waals surface area contributed by atoms with Crippen molar-refractivity contribution in [3.63, 3.8) is 0 Å². The van der Waals surface area contributed by atoms with Crippen molar-refractivity contribution < 1.29 is 14.3 Å². The molecule has 0 unspecified atom stereocenters. The summed E-state index contributed by atoms with van der Waals surface area (Å²) < 4.78 is 11.1. The molecule has 0 aromatic heterocycles. The fourth-order valence-electron chi connectivity index (χ4n) is 2.47. The molecule has 26 heavy (non-hydrogen) atoms. The maximum absolute atomic E-state index is 12.1. The Morgan fingerprint density at radius 3 is 2.23 bits per heavy atom. The molecule has 0 N–H and O–H groups in total. The Hall–Kier alpha value is -3.58. The van der Waals surface area contributed by atoms with E-state index in [4.69, 9.17) is 9.47 Å². The number of ether oxygens (including phenoxy) is 2. The molecule has 0 amide bonds. The third-order valence-electron chi connectivity index (χ3n) is 3.70. The van der Waals surface area contributed by atoms with E-state index < -0.39 is 12.1 Å². The van der Waals surface area contributed by atoms with Gasteiger partial charge in [0.15, 0.2) is 0 Å². The van der Waals surface area contributed by atoms with Crippen LogP contribution in [0.25, 0.3) is 0 Å². The van der Waals surface area contributed by atoms with Crippen LogP contribution in [0, 0.1) is 11.3 Å². The van der Waals surface area contributed by atoms with Gasteiger partial charge in [0.25, 0.3) is 0 Å². The number of para-hydroxylation sites is 1. The van der Waals surface area contributed by atoms with Crippen LogP contribution in [0.4, 0.5) is 0 Å². The van der Waals surface area contributed by atoms with Crippen LogP contribution >= 0.6 is 0 Å². The van der Waals surface area contributed by atoms with Gasteiger partial charge in [0, 0.05) is 5.56 Å². The Labute approximate surface area is 152 Å². The molecule has 3 aromatic carbocycles. The first kappa shape index (κ1) is 17.2. The average molecular weight is 343 g/mol. The molecule has 0 radical (unpaired) electrons. The molecule has 0 saturated heterocycles. The lowest BCUT2D eigenvalue weighted by Gasteiger charge is -2.13. The molecule has 0 aliphatic carbocycles. The summed E-state index contributed by atoms with van der Waals surface area (Å²) in [6.45, 7) is 0. The van der Waals surface area contributed by atoms with Crippen molar-refractivity contribution in [2.75, 3.05) is 0 Å². The molecule has 0 heterocycles. The molecule has 3 aromatic rings. The van der Waals surface area contributed by atoms with Crippen molar-refractivity contribution in [1.29, 1.82) is 5.26 Å². The molecule has 0 aliphatic heterocycles. The lowest BCUT2D eigenvalue weighted by atomic mass is 10.1. The molecule has 3 rings (SSSR count). The van der Waals surface area contributed by atoms with Crippen molar-refractivity contribution >= 4 is 5.97 Å². The second-order valence-corrected chi connectivity index (χ2v) is 5.65. The minimum atomic E-state index is -0.981. The highest BCUT2D eigenvalue weighted by Gasteiger charge is 2.17. The first-order valence-corrected chi connectivity index (χ1v) is 8.20. The minimum Gasteiger partial charge on any atom is -0.457 e. The fraction of sp³-hybridized carbons (Fsp3) is 0.0909. The summed E-state index contributed by atoms with van der Waals surface area (Å²) in [7, 11) is 0. The van der Waals surface area contributed by atoms with Gasteiger partial charge in [-0.1, -0.05) is 60.7 Å². The summed E-state index contributed by atoms with van der Waals surface area (Å²) in [4.78, 5) is 12.1. The average Bonchev–Trinajstić information content (AvgIpc) is 2.68. The Balaban J connectivity index is 1.69. The predicted molar refractivity (Wildman–Crippen MR) is 97.6 cm³/mol. The Kier molecular flexibility index (Phi) is 5.64. The molecule has 128 valence electrons. The number of nitrogens with zero attached hydrogens (tertiary/aromatic N) is 1. The van der Waals surface area contributed by atoms with Crippen molar-refractivity contribution in [2.45, 2.75) is 12.5 Å². The van der Waals surface area contributed by atoms with Gasteiger partial charge in [0.2, 0.25) is 6.10 Å².